The maximum atomic E-state index is 4.30. The van der Waals surface area contributed by atoms with Crippen LogP contribution in [0.2, 0.25) is 0 Å². The normalized spacial score (nSPS) is 14.7. The summed E-state index contributed by atoms with van der Waals surface area (Å²) in [4.78, 5) is 5.61. The highest BCUT2D eigenvalue weighted by atomic mass is 32.1. The van der Waals surface area contributed by atoms with Gasteiger partial charge in [-0.3, -0.25) is 4.68 Å². The van der Waals surface area contributed by atoms with E-state index in [1.165, 1.54) is 16.1 Å². The Bertz CT molecular complexity index is 529. The first-order valence-electron chi connectivity index (χ1n) is 6.15. The molecule has 0 aromatic carbocycles. The number of aromatic nitrogens is 3. The Kier molecular flexibility index (Phi) is 3.82. The Balaban J connectivity index is 2.10. The van der Waals surface area contributed by atoms with Crippen LogP contribution in [0.3, 0.4) is 0 Å². The van der Waals surface area contributed by atoms with E-state index in [4.69, 9.17) is 0 Å². The zero-order chi connectivity index (χ0) is 13.3. The van der Waals surface area contributed by atoms with E-state index >= 15 is 0 Å². The van der Waals surface area contributed by atoms with Crippen molar-refractivity contribution in [1.82, 2.24) is 20.1 Å². The highest BCUT2D eigenvalue weighted by Gasteiger charge is 2.17. The summed E-state index contributed by atoms with van der Waals surface area (Å²) in [5, 5.41) is 7.90. The molecule has 98 valence electrons. The standard InChI is InChI=1S/C13H20N4S/c1-8(12-6-15-17(5)11(12)4)16-10(3)13-9(2)14-7-18-13/h6-8,10,16H,1-5H3. The van der Waals surface area contributed by atoms with Gasteiger partial charge in [0, 0.05) is 35.3 Å². The maximum absolute atomic E-state index is 4.30. The van der Waals surface area contributed by atoms with Gasteiger partial charge < -0.3 is 5.32 Å². The van der Waals surface area contributed by atoms with Crippen LogP contribution in [0.5, 0.6) is 0 Å². The van der Waals surface area contributed by atoms with Crippen molar-refractivity contribution < 1.29 is 0 Å². The summed E-state index contributed by atoms with van der Waals surface area (Å²) in [5.41, 5.74) is 5.49. The molecule has 0 aliphatic rings. The average Bonchev–Trinajstić information content (AvgIpc) is 2.87. The molecule has 0 amide bonds. The summed E-state index contributed by atoms with van der Waals surface area (Å²) in [7, 11) is 1.97. The molecule has 2 aromatic rings. The Labute approximate surface area is 112 Å². The largest absolute Gasteiger partial charge is 0.303 e. The molecule has 18 heavy (non-hydrogen) atoms. The van der Waals surface area contributed by atoms with Gasteiger partial charge in [0.25, 0.3) is 0 Å². The van der Waals surface area contributed by atoms with Crippen LogP contribution < -0.4 is 5.32 Å². The number of nitrogens with zero attached hydrogens (tertiary/aromatic N) is 3. The molecule has 0 saturated carbocycles. The van der Waals surface area contributed by atoms with Gasteiger partial charge >= 0.3 is 0 Å². The third kappa shape index (κ3) is 2.47. The molecule has 0 aliphatic heterocycles. The van der Waals surface area contributed by atoms with Crippen LogP contribution in [0.4, 0.5) is 0 Å². The van der Waals surface area contributed by atoms with Gasteiger partial charge in [0.2, 0.25) is 0 Å². The van der Waals surface area contributed by atoms with E-state index in [-0.39, 0.29) is 6.04 Å². The molecule has 2 rings (SSSR count). The monoisotopic (exact) mass is 264 g/mol. The minimum absolute atomic E-state index is 0.287. The minimum atomic E-state index is 0.287. The Morgan fingerprint density at radius 2 is 2.00 bits per heavy atom. The van der Waals surface area contributed by atoms with Gasteiger partial charge in [-0.05, 0) is 27.7 Å². The summed E-state index contributed by atoms with van der Waals surface area (Å²) in [5.74, 6) is 0. The first kappa shape index (κ1) is 13.2. The summed E-state index contributed by atoms with van der Waals surface area (Å²) in [6, 6.07) is 0.599. The van der Waals surface area contributed by atoms with Crippen molar-refractivity contribution in [1.29, 1.82) is 0 Å². The van der Waals surface area contributed by atoms with Crippen LogP contribution in [0.15, 0.2) is 11.7 Å². The van der Waals surface area contributed by atoms with Crippen LogP contribution in [-0.2, 0) is 7.05 Å². The van der Waals surface area contributed by atoms with Gasteiger partial charge in [-0.2, -0.15) is 5.10 Å². The number of nitrogens with one attached hydrogen (secondary N) is 1. The van der Waals surface area contributed by atoms with E-state index in [1.54, 1.807) is 11.3 Å². The molecular weight excluding hydrogens is 244 g/mol. The minimum Gasteiger partial charge on any atom is -0.303 e. The second kappa shape index (κ2) is 5.20. The fraction of sp³-hybridized carbons (Fsp3) is 0.538. The first-order valence-corrected chi connectivity index (χ1v) is 7.03. The van der Waals surface area contributed by atoms with Crippen LogP contribution in [0.25, 0.3) is 0 Å². The second-order valence-corrected chi connectivity index (χ2v) is 5.61. The van der Waals surface area contributed by atoms with Crippen molar-refractivity contribution in [2.75, 3.05) is 0 Å². The lowest BCUT2D eigenvalue weighted by atomic mass is 10.1. The SMILES string of the molecule is Cc1ncsc1C(C)NC(C)c1cnn(C)c1C. The quantitative estimate of drug-likeness (QED) is 0.923. The zero-order valence-electron chi connectivity index (χ0n) is 11.6. The molecular formula is C13H20N4S. The summed E-state index contributed by atoms with van der Waals surface area (Å²) in [6.45, 7) is 8.52. The zero-order valence-corrected chi connectivity index (χ0v) is 12.4. The molecule has 0 spiro atoms. The maximum Gasteiger partial charge on any atom is 0.0798 e. The van der Waals surface area contributed by atoms with E-state index < -0.39 is 0 Å². The lowest BCUT2D eigenvalue weighted by molar-refractivity contribution is 0.496. The summed E-state index contributed by atoms with van der Waals surface area (Å²) in [6.07, 6.45) is 1.94. The summed E-state index contributed by atoms with van der Waals surface area (Å²) < 4.78 is 1.91. The van der Waals surface area contributed by atoms with Crippen LogP contribution in [-0.4, -0.2) is 14.8 Å². The fourth-order valence-corrected chi connectivity index (χ4v) is 3.03. The van der Waals surface area contributed by atoms with Gasteiger partial charge in [-0.15, -0.1) is 11.3 Å². The van der Waals surface area contributed by atoms with Crippen molar-refractivity contribution in [2.24, 2.45) is 7.05 Å². The molecule has 4 nitrogen and oxygen atoms in total. The Morgan fingerprint density at radius 3 is 2.50 bits per heavy atom. The Morgan fingerprint density at radius 1 is 1.28 bits per heavy atom. The van der Waals surface area contributed by atoms with Gasteiger partial charge in [0.15, 0.2) is 0 Å². The van der Waals surface area contributed by atoms with Crippen LogP contribution in [0.1, 0.15) is 47.8 Å². The molecule has 0 bridgehead atoms. The lowest BCUT2D eigenvalue weighted by Crippen LogP contribution is -2.22. The van der Waals surface area contributed by atoms with E-state index in [2.05, 4.69) is 43.1 Å². The number of rotatable bonds is 4. The predicted octanol–water partition coefficient (Wildman–Crippen LogP) is 2.91. The first-order chi connectivity index (χ1) is 8.50. The molecule has 2 unspecified atom stereocenters. The predicted molar refractivity (Wildman–Crippen MR) is 74.8 cm³/mol. The third-order valence-electron chi connectivity index (χ3n) is 3.42. The third-order valence-corrected chi connectivity index (χ3v) is 4.53. The van der Waals surface area contributed by atoms with Crippen molar-refractivity contribution in [3.8, 4) is 0 Å². The number of hydrogen-bond acceptors (Lipinski definition) is 4. The molecule has 2 heterocycles. The number of thiazole rings is 1. The highest BCUT2D eigenvalue weighted by molar-refractivity contribution is 7.09. The molecule has 0 aliphatic carbocycles. The fourth-order valence-electron chi connectivity index (χ4n) is 2.21. The molecule has 5 heteroatoms. The molecule has 0 saturated heterocycles. The van der Waals surface area contributed by atoms with Gasteiger partial charge in [-0.1, -0.05) is 0 Å². The van der Waals surface area contributed by atoms with E-state index in [1.807, 2.05) is 23.4 Å². The molecule has 1 N–H and O–H groups in total. The molecule has 2 atom stereocenters. The second-order valence-electron chi connectivity index (χ2n) is 4.72. The van der Waals surface area contributed by atoms with E-state index in [0.29, 0.717) is 6.04 Å². The molecule has 0 fully saturated rings. The van der Waals surface area contributed by atoms with E-state index in [9.17, 15) is 0 Å². The van der Waals surface area contributed by atoms with Crippen molar-refractivity contribution in [3.05, 3.63) is 33.5 Å². The highest BCUT2D eigenvalue weighted by Crippen LogP contribution is 2.25. The van der Waals surface area contributed by atoms with Gasteiger partial charge in [0.05, 0.1) is 17.4 Å². The van der Waals surface area contributed by atoms with Crippen LogP contribution in [0, 0.1) is 13.8 Å². The van der Waals surface area contributed by atoms with Gasteiger partial charge in [-0.25, -0.2) is 4.98 Å². The Hall–Kier alpha value is -1.20. The topological polar surface area (TPSA) is 42.7 Å². The summed E-state index contributed by atoms with van der Waals surface area (Å²) >= 11 is 1.71. The van der Waals surface area contributed by atoms with Crippen molar-refractivity contribution in [3.63, 3.8) is 0 Å². The molecule has 0 radical (unpaired) electrons. The number of aryl methyl sites for hydroxylation is 2. The molecule has 2 aromatic heterocycles. The van der Waals surface area contributed by atoms with Crippen molar-refractivity contribution in [2.45, 2.75) is 39.8 Å². The smallest absolute Gasteiger partial charge is 0.0798 e. The lowest BCUT2D eigenvalue weighted by Gasteiger charge is -2.19. The van der Waals surface area contributed by atoms with Crippen molar-refractivity contribution >= 4 is 11.3 Å². The number of hydrogen-bond donors (Lipinski definition) is 1. The van der Waals surface area contributed by atoms with Gasteiger partial charge in [0.1, 0.15) is 0 Å². The van der Waals surface area contributed by atoms with E-state index in [0.717, 1.165) is 5.69 Å². The van der Waals surface area contributed by atoms with Crippen LogP contribution >= 0.6 is 11.3 Å². The average molecular weight is 264 g/mol.